The van der Waals surface area contributed by atoms with Crippen LogP contribution in [-0.4, -0.2) is 40.8 Å². The molecule has 0 bridgehead atoms. The molecule has 0 saturated carbocycles. The lowest BCUT2D eigenvalue weighted by atomic mass is 10.1. The maximum Gasteiger partial charge on any atom is 0.470 e. The molecule has 0 aromatic carbocycles. The van der Waals surface area contributed by atoms with Crippen LogP contribution in [0.5, 0.6) is 0 Å². The summed E-state index contributed by atoms with van der Waals surface area (Å²) in [4.78, 5) is 17.5. The largest absolute Gasteiger partial charge is 0.470 e. The number of hydrogen-bond donors (Lipinski definition) is 2. The normalized spacial score (nSPS) is 13.8. The smallest absolute Gasteiger partial charge is 0.379 e. The highest BCUT2D eigenvalue weighted by Gasteiger charge is 2.28. The van der Waals surface area contributed by atoms with Crippen molar-refractivity contribution in [1.29, 1.82) is 0 Å². The SMILES string of the molecule is [CH2]CC(C)(C)OCCOCCC(C)(C)OP(=O)(O)O. The van der Waals surface area contributed by atoms with E-state index in [1.165, 1.54) is 0 Å². The van der Waals surface area contributed by atoms with Gasteiger partial charge in [0, 0.05) is 6.61 Å². The third kappa shape index (κ3) is 11.5. The molecule has 2 N–H and O–H groups in total. The van der Waals surface area contributed by atoms with Crippen LogP contribution in [0.25, 0.3) is 0 Å². The van der Waals surface area contributed by atoms with Crippen LogP contribution in [0.1, 0.15) is 40.5 Å². The number of hydrogen-bond acceptors (Lipinski definition) is 4. The second kappa shape index (κ2) is 7.72. The van der Waals surface area contributed by atoms with E-state index in [1.807, 2.05) is 13.8 Å². The van der Waals surface area contributed by atoms with Gasteiger partial charge in [0.25, 0.3) is 0 Å². The van der Waals surface area contributed by atoms with Crippen molar-refractivity contribution < 1.29 is 28.3 Å². The summed E-state index contributed by atoms with van der Waals surface area (Å²) < 4.78 is 26.3. The molecule has 0 aliphatic rings. The topological polar surface area (TPSA) is 85.2 Å². The maximum atomic E-state index is 10.7. The molecule has 0 atom stereocenters. The summed E-state index contributed by atoms with van der Waals surface area (Å²) in [6.07, 6.45) is 1.06. The van der Waals surface area contributed by atoms with E-state index in [4.69, 9.17) is 19.3 Å². The first-order chi connectivity index (χ1) is 8.47. The molecular weight excluding hydrogens is 271 g/mol. The van der Waals surface area contributed by atoms with Crippen LogP contribution >= 0.6 is 7.82 Å². The van der Waals surface area contributed by atoms with Gasteiger partial charge < -0.3 is 19.3 Å². The molecule has 115 valence electrons. The van der Waals surface area contributed by atoms with Gasteiger partial charge in [0.15, 0.2) is 0 Å². The second-order valence-electron chi connectivity index (χ2n) is 5.56. The van der Waals surface area contributed by atoms with Crippen molar-refractivity contribution in [2.24, 2.45) is 0 Å². The maximum absolute atomic E-state index is 10.7. The van der Waals surface area contributed by atoms with E-state index in [2.05, 4.69) is 11.4 Å². The summed E-state index contributed by atoms with van der Waals surface area (Å²) >= 11 is 0. The van der Waals surface area contributed by atoms with Crippen molar-refractivity contribution in [3.8, 4) is 0 Å². The minimum absolute atomic E-state index is 0.258. The van der Waals surface area contributed by atoms with Crippen LogP contribution < -0.4 is 0 Å². The number of rotatable bonds is 10. The van der Waals surface area contributed by atoms with Crippen LogP contribution in [0, 0.1) is 6.92 Å². The summed E-state index contributed by atoms with van der Waals surface area (Å²) in [7, 11) is -4.46. The molecule has 0 saturated heterocycles. The molecule has 6 nitrogen and oxygen atoms in total. The van der Waals surface area contributed by atoms with Gasteiger partial charge in [-0.05, 0) is 40.5 Å². The van der Waals surface area contributed by atoms with Gasteiger partial charge >= 0.3 is 7.82 Å². The first kappa shape index (κ1) is 19.0. The van der Waals surface area contributed by atoms with Crippen LogP contribution in [0.2, 0.25) is 0 Å². The number of ether oxygens (including phenoxy) is 2. The van der Waals surface area contributed by atoms with Crippen LogP contribution in [0.15, 0.2) is 0 Å². The van der Waals surface area contributed by atoms with Crippen molar-refractivity contribution in [3.63, 3.8) is 0 Å². The third-order valence-electron chi connectivity index (χ3n) is 2.54. The van der Waals surface area contributed by atoms with Gasteiger partial charge in [0.2, 0.25) is 0 Å². The Morgan fingerprint density at radius 1 is 1.05 bits per heavy atom. The highest BCUT2D eigenvalue weighted by Crippen LogP contribution is 2.42. The molecule has 0 aliphatic heterocycles. The van der Waals surface area contributed by atoms with E-state index in [9.17, 15) is 4.57 Å². The molecule has 19 heavy (non-hydrogen) atoms. The monoisotopic (exact) mass is 297 g/mol. The van der Waals surface area contributed by atoms with Crippen molar-refractivity contribution >= 4 is 7.82 Å². The summed E-state index contributed by atoms with van der Waals surface area (Å²) in [5.41, 5.74) is -1.18. The van der Waals surface area contributed by atoms with Crippen molar-refractivity contribution in [2.45, 2.75) is 51.7 Å². The van der Waals surface area contributed by atoms with Gasteiger partial charge in [-0.1, -0.05) is 6.92 Å². The van der Waals surface area contributed by atoms with Gasteiger partial charge in [-0.3, -0.25) is 4.52 Å². The van der Waals surface area contributed by atoms with Gasteiger partial charge in [0.05, 0.1) is 24.4 Å². The van der Waals surface area contributed by atoms with Crippen molar-refractivity contribution in [1.82, 2.24) is 0 Å². The average Bonchev–Trinajstić information content (AvgIpc) is 2.19. The van der Waals surface area contributed by atoms with Crippen LogP contribution in [0.3, 0.4) is 0 Å². The number of phosphoric ester groups is 1. The highest BCUT2D eigenvalue weighted by molar-refractivity contribution is 7.46. The summed E-state index contributed by atoms with van der Waals surface area (Å²) in [5, 5.41) is 0. The standard InChI is InChI=1S/C12H26O6P/c1-6-11(2,3)17-10-9-16-8-7-12(4,5)18-19(13,14)15/h1,6-10H2,2-5H3,(H2,13,14,15). The Labute approximate surface area is 115 Å². The lowest BCUT2D eigenvalue weighted by Crippen LogP contribution is -2.27. The van der Waals surface area contributed by atoms with Gasteiger partial charge in [-0.25, -0.2) is 4.57 Å². The van der Waals surface area contributed by atoms with E-state index in [0.717, 1.165) is 0 Å². The van der Waals surface area contributed by atoms with Crippen LogP contribution in [0.4, 0.5) is 0 Å². The summed E-state index contributed by atoms with van der Waals surface area (Å²) in [6.45, 7) is 12.1. The van der Waals surface area contributed by atoms with Crippen molar-refractivity contribution in [3.05, 3.63) is 6.92 Å². The average molecular weight is 297 g/mol. The Morgan fingerprint density at radius 2 is 1.63 bits per heavy atom. The summed E-state index contributed by atoms with van der Waals surface area (Å²) in [6, 6.07) is 0. The fraction of sp³-hybridized carbons (Fsp3) is 0.917. The minimum Gasteiger partial charge on any atom is -0.379 e. The zero-order valence-corrected chi connectivity index (χ0v) is 13.1. The number of phosphoric acid groups is 1. The third-order valence-corrected chi connectivity index (χ3v) is 3.27. The predicted molar refractivity (Wildman–Crippen MR) is 72.6 cm³/mol. The molecule has 0 spiro atoms. The molecule has 1 radical (unpaired) electrons. The molecule has 0 heterocycles. The second-order valence-corrected chi connectivity index (χ2v) is 6.73. The van der Waals surface area contributed by atoms with Crippen LogP contribution in [-0.2, 0) is 18.6 Å². The molecule has 0 aromatic rings. The Balaban J connectivity index is 3.72. The van der Waals surface area contributed by atoms with Crippen molar-refractivity contribution in [2.75, 3.05) is 19.8 Å². The lowest BCUT2D eigenvalue weighted by molar-refractivity contribution is -0.0505. The van der Waals surface area contributed by atoms with E-state index >= 15 is 0 Å². The molecule has 0 amide bonds. The fourth-order valence-electron chi connectivity index (χ4n) is 1.24. The molecule has 0 rings (SSSR count). The Hall–Kier alpha value is 0.0300. The van der Waals surface area contributed by atoms with E-state index < -0.39 is 13.4 Å². The molecular formula is C12H26O6P. The Kier molecular flexibility index (Phi) is 7.73. The quantitative estimate of drug-likeness (QED) is 0.475. The Morgan fingerprint density at radius 3 is 2.11 bits per heavy atom. The molecule has 0 aliphatic carbocycles. The molecule has 0 unspecified atom stereocenters. The zero-order valence-electron chi connectivity index (χ0n) is 12.2. The van der Waals surface area contributed by atoms with E-state index in [-0.39, 0.29) is 5.60 Å². The van der Waals surface area contributed by atoms with E-state index in [1.54, 1.807) is 13.8 Å². The van der Waals surface area contributed by atoms with Gasteiger partial charge in [-0.2, -0.15) is 0 Å². The molecule has 0 aromatic heterocycles. The lowest BCUT2D eigenvalue weighted by Gasteiger charge is -2.25. The van der Waals surface area contributed by atoms with Gasteiger partial charge in [0.1, 0.15) is 0 Å². The predicted octanol–water partition coefficient (Wildman–Crippen LogP) is 2.30. The fourth-order valence-corrected chi connectivity index (χ4v) is 1.97. The van der Waals surface area contributed by atoms with E-state index in [0.29, 0.717) is 32.7 Å². The summed E-state index contributed by atoms with van der Waals surface area (Å²) in [5.74, 6) is 0. The highest BCUT2D eigenvalue weighted by atomic mass is 31.2. The van der Waals surface area contributed by atoms with Gasteiger partial charge in [-0.15, -0.1) is 0 Å². The first-order valence-corrected chi connectivity index (χ1v) is 7.78. The molecule has 0 fully saturated rings. The molecule has 7 heteroatoms. The minimum atomic E-state index is -4.46. The zero-order chi connectivity index (χ0) is 15.2. The Bertz CT molecular complexity index is 297. The first-order valence-electron chi connectivity index (χ1n) is 6.25.